The predicted molar refractivity (Wildman–Crippen MR) is 102 cm³/mol. The molecular formula is C21H22N2O2. The lowest BCUT2D eigenvalue weighted by atomic mass is 10.1. The molecule has 3 rings (SSSR count). The Morgan fingerprint density at radius 3 is 2.48 bits per heavy atom. The van der Waals surface area contributed by atoms with E-state index in [-0.39, 0.29) is 5.91 Å². The second-order valence-electron chi connectivity index (χ2n) is 6.44. The van der Waals surface area contributed by atoms with E-state index < -0.39 is 0 Å². The van der Waals surface area contributed by atoms with Crippen LogP contribution in [0.1, 0.15) is 26.3 Å². The summed E-state index contributed by atoms with van der Waals surface area (Å²) >= 11 is 0. The molecule has 1 aliphatic rings. The summed E-state index contributed by atoms with van der Waals surface area (Å²) in [6, 6.07) is 17.2. The van der Waals surface area contributed by atoms with E-state index in [0.717, 1.165) is 17.0 Å². The number of nitrogens with zero attached hydrogens (tertiary/aromatic N) is 2. The fourth-order valence-electron chi connectivity index (χ4n) is 2.57. The summed E-state index contributed by atoms with van der Waals surface area (Å²) in [6.45, 7) is 6.70. The Bertz CT molecular complexity index is 823. The lowest BCUT2D eigenvalue weighted by molar-refractivity contribution is -0.114. The van der Waals surface area contributed by atoms with Crippen LogP contribution in [0, 0.1) is 5.92 Å². The maximum Gasteiger partial charge on any atom is 0.280 e. The third kappa shape index (κ3) is 3.79. The number of carbonyl (C=O) groups excluding carboxylic acids is 1. The van der Waals surface area contributed by atoms with Gasteiger partial charge in [0.1, 0.15) is 5.75 Å². The van der Waals surface area contributed by atoms with Crippen LogP contribution in [0.15, 0.2) is 65.3 Å². The molecule has 4 heteroatoms. The predicted octanol–water partition coefficient (Wildman–Crippen LogP) is 4.53. The molecule has 128 valence electrons. The first-order valence-electron chi connectivity index (χ1n) is 8.45. The normalized spacial score (nSPS) is 15.8. The topological polar surface area (TPSA) is 41.9 Å². The largest absolute Gasteiger partial charge is 0.493 e. The highest BCUT2D eigenvalue weighted by Crippen LogP contribution is 2.27. The molecule has 25 heavy (non-hydrogen) atoms. The van der Waals surface area contributed by atoms with Crippen LogP contribution in [0.5, 0.6) is 5.75 Å². The zero-order chi connectivity index (χ0) is 17.8. The van der Waals surface area contributed by atoms with Gasteiger partial charge >= 0.3 is 0 Å². The number of amides is 1. The van der Waals surface area contributed by atoms with Crippen molar-refractivity contribution in [2.75, 3.05) is 11.6 Å². The summed E-state index contributed by atoms with van der Waals surface area (Å²) in [5, 5.41) is 5.86. The zero-order valence-corrected chi connectivity index (χ0v) is 14.8. The number of hydrazone groups is 1. The van der Waals surface area contributed by atoms with Gasteiger partial charge in [0.25, 0.3) is 5.91 Å². The molecule has 2 aromatic carbocycles. The number of benzene rings is 2. The van der Waals surface area contributed by atoms with Crippen molar-refractivity contribution in [2.24, 2.45) is 11.0 Å². The standard InChI is InChI=1S/C21H22N2O2/c1-15(2)14-25-20-12-8-7-9-17(20)13-19-16(3)22-23(21(19)24)18-10-5-4-6-11-18/h4-13,15H,14H2,1-3H3/b19-13-. The van der Waals surface area contributed by atoms with Crippen LogP contribution in [0.25, 0.3) is 6.08 Å². The minimum Gasteiger partial charge on any atom is -0.493 e. The Labute approximate surface area is 148 Å². The SMILES string of the molecule is CC1=NN(c2ccccc2)C(=O)/C1=C\c1ccccc1OCC(C)C. The van der Waals surface area contributed by atoms with E-state index >= 15 is 0 Å². The van der Waals surface area contributed by atoms with Gasteiger partial charge in [0.05, 0.1) is 23.6 Å². The minimum atomic E-state index is -0.123. The molecule has 2 aromatic rings. The van der Waals surface area contributed by atoms with E-state index in [1.54, 1.807) is 0 Å². The van der Waals surface area contributed by atoms with E-state index in [2.05, 4.69) is 18.9 Å². The van der Waals surface area contributed by atoms with Gasteiger partial charge in [-0.1, -0.05) is 50.2 Å². The van der Waals surface area contributed by atoms with Crippen molar-refractivity contribution >= 4 is 23.4 Å². The van der Waals surface area contributed by atoms with Crippen LogP contribution in [0.2, 0.25) is 0 Å². The molecule has 0 radical (unpaired) electrons. The molecule has 1 amide bonds. The molecule has 0 aliphatic carbocycles. The van der Waals surface area contributed by atoms with Crippen LogP contribution in [0.3, 0.4) is 0 Å². The van der Waals surface area contributed by atoms with E-state index in [1.165, 1.54) is 5.01 Å². The van der Waals surface area contributed by atoms with Gasteiger partial charge in [-0.05, 0) is 37.1 Å². The van der Waals surface area contributed by atoms with E-state index in [4.69, 9.17) is 4.74 Å². The molecule has 0 saturated carbocycles. The lowest BCUT2D eigenvalue weighted by Crippen LogP contribution is -2.21. The maximum atomic E-state index is 12.8. The van der Waals surface area contributed by atoms with Crippen LogP contribution >= 0.6 is 0 Å². The van der Waals surface area contributed by atoms with Gasteiger partial charge in [0, 0.05) is 5.56 Å². The average Bonchev–Trinajstić information content (AvgIpc) is 2.90. The van der Waals surface area contributed by atoms with Gasteiger partial charge in [-0.15, -0.1) is 0 Å². The first-order valence-corrected chi connectivity index (χ1v) is 8.45. The first-order chi connectivity index (χ1) is 12.1. The summed E-state index contributed by atoms with van der Waals surface area (Å²) in [5.74, 6) is 1.09. The van der Waals surface area contributed by atoms with Crippen molar-refractivity contribution in [2.45, 2.75) is 20.8 Å². The summed E-state index contributed by atoms with van der Waals surface area (Å²) in [6.07, 6.45) is 1.86. The Morgan fingerprint density at radius 2 is 1.76 bits per heavy atom. The Kier molecular flexibility index (Phi) is 4.98. The molecule has 0 unspecified atom stereocenters. The molecule has 0 fully saturated rings. The quantitative estimate of drug-likeness (QED) is 0.754. The van der Waals surface area contributed by atoms with E-state index in [1.807, 2.05) is 67.6 Å². The van der Waals surface area contributed by atoms with Crippen molar-refractivity contribution in [3.05, 3.63) is 65.7 Å². The average molecular weight is 334 g/mol. The molecule has 0 aromatic heterocycles. The summed E-state index contributed by atoms with van der Waals surface area (Å²) < 4.78 is 5.88. The van der Waals surface area contributed by atoms with Crippen molar-refractivity contribution in [1.29, 1.82) is 0 Å². The van der Waals surface area contributed by atoms with Gasteiger partial charge in [0.15, 0.2) is 0 Å². The van der Waals surface area contributed by atoms with Gasteiger partial charge in [-0.3, -0.25) is 4.79 Å². The molecule has 1 aliphatic heterocycles. The van der Waals surface area contributed by atoms with E-state index in [0.29, 0.717) is 23.8 Å². The highest BCUT2D eigenvalue weighted by molar-refractivity contribution is 6.32. The van der Waals surface area contributed by atoms with Gasteiger partial charge in [0.2, 0.25) is 0 Å². The second-order valence-corrected chi connectivity index (χ2v) is 6.44. The highest BCUT2D eigenvalue weighted by atomic mass is 16.5. The molecule has 1 heterocycles. The number of ether oxygens (including phenoxy) is 1. The fraction of sp³-hybridized carbons (Fsp3) is 0.238. The Morgan fingerprint density at radius 1 is 1.08 bits per heavy atom. The monoisotopic (exact) mass is 334 g/mol. The van der Waals surface area contributed by atoms with Crippen LogP contribution < -0.4 is 9.75 Å². The Hall–Kier alpha value is -2.88. The number of hydrogen-bond acceptors (Lipinski definition) is 3. The molecule has 4 nitrogen and oxygen atoms in total. The smallest absolute Gasteiger partial charge is 0.280 e. The van der Waals surface area contributed by atoms with Crippen LogP contribution in [0.4, 0.5) is 5.69 Å². The summed E-state index contributed by atoms with van der Waals surface area (Å²) in [4.78, 5) is 12.8. The molecule has 0 N–H and O–H groups in total. The third-order valence-electron chi connectivity index (χ3n) is 3.85. The third-order valence-corrected chi connectivity index (χ3v) is 3.85. The van der Waals surface area contributed by atoms with Gasteiger partial charge < -0.3 is 4.74 Å². The molecule has 0 spiro atoms. The summed E-state index contributed by atoms with van der Waals surface area (Å²) in [5.41, 5.74) is 2.94. The maximum absolute atomic E-state index is 12.8. The van der Waals surface area contributed by atoms with Crippen LogP contribution in [-0.2, 0) is 4.79 Å². The minimum absolute atomic E-state index is 0.123. The molecule has 0 atom stereocenters. The fourth-order valence-corrected chi connectivity index (χ4v) is 2.57. The Balaban J connectivity index is 1.90. The van der Waals surface area contributed by atoms with Gasteiger partial charge in [-0.25, -0.2) is 0 Å². The zero-order valence-electron chi connectivity index (χ0n) is 14.8. The number of carbonyl (C=O) groups is 1. The van der Waals surface area contributed by atoms with Crippen LogP contribution in [-0.4, -0.2) is 18.2 Å². The summed E-state index contributed by atoms with van der Waals surface area (Å²) in [7, 11) is 0. The first kappa shape index (κ1) is 17.0. The number of anilines is 1. The second kappa shape index (κ2) is 7.34. The number of rotatable bonds is 5. The van der Waals surface area contributed by atoms with Crippen molar-refractivity contribution in [3.8, 4) is 5.75 Å². The molecular weight excluding hydrogens is 312 g/mol. The molecule has 0 bridgehead atoms. The molecule has 0 saturated heterocycles. The van der Waals surface area contributed by atoms with E-state index in [9.17, 15) is 4.79 Å². The van der Waals surface area contributed by atoms with Crippen molar-refractivity contribution < 1.29 is 9.53 Å². The number of hydrogen-bond donors (Lipinski definition) is 0. The lowest BCUT2D eigenvalue weighted by Gasteiger charge is -2.12. The highest BCUT2D eigenvalue weighted by Gasteiger charge is 2.28. The van der Waals surface area contributed by atoms with Gasteiger partial charge in [-0.2, -0.15) is 10.1 Å². The number of para-hydroxylation sites is 2. The van der Waals surface area contributed by atoms with Crippen molar-refractivity contribution in [1.82, 2.24) is 0 Å². The van der Waals surface area contributed by atoms with Crippen molar-refractivity contribution in [3.63, 3.8) is 0 Å².